The Morgan fingerprint density at radius 3 is 2.26 bits per heavy atom. The molecule has 0 bridgehead atoms. The second kappa shape index (κ2) is 5.80. The average molecular weight is 337 g/mol. The number of benzene rings is 2. The molecule has 98 valence electrons. The number of aromatic carboxylic acids is 1. The predicted octanol–water partition coefficient (Wildman–Crippen LogP) is 4.92. The zero-order valence-corrected chi connectivity index (χ0v) is 13.0. The predicted molar refractivity (Wildman–Crippen MR) is 81.1 cm³/mol. The number of hydrogen-bond donors (Lipinski definition) is 1. The third kappa shape index (κ3) is 3.39. The molecule has 0 saturated heterocycles. The number of hydrogen-bond acceptors (Lipinski definition) is 2. The molecule has 0 aliphatic heterocycles. The van der Waals surface area contributed by atoms with Crippen LogP contribution in [-0.4, -0.2) is 11.1 Å². The highest BCUT2D eigenvalue weighted by Crippen LogP contribution is 2.32. The van der Waals surface area contributed by atoms with E-state index < -0.39 is 5.97 Å². The molecular formula is C15H13BrO2S. The van der Waals surface area contributed by atoms with Crippen molar-refractivity contribution >= 4 is 33.7 Å². The van der Waals surface area contributed by atoms with Gasteiger partial charge in [0.05, 0.1) is 5.56 Å². The van der Waals surface area contributed by atoms with Crippen molar-refractivity contribution in [3.05, 3.63) is 57.6 Å². The van der Waals surface area contributed by atoms with Crippen molar-refractivity contribution in [2.45, 2.75) is 23.6 Å². The first-order valence-corrected chi connectivity index (χ1v) is 7.36. The number of halogens is 1. The van der Waals surface area contributed by atoms with Gasteiger partial charge >= 0.3 is 5.97 Å². The summed E-state index contributed by atoms with van der Waals surface area (Å²) in [5.74, 6) is -0.922. The van der Waals surface area contributed by atoms with Crippen LogP contribution in [0.4, 0.5) is 0 Å². The molecule has 0 aliphatic rings. The fourth-order valence-electron chi connectivity index (χ4n) is 1.65. The topological polar surface area (TPSA) is 37.3 Å². The van der Waals surface area contributed by atoms with E-state index in [9.17, 15) is 4.79 Å². The van der Waals surface area contributed by atoms with Crippen molar-refractivity contribution in [1.29, 1.82) is 0 Å². The quantitative estimate of drug-likeness (QED) is 0.864. The third-order valence-corrected chi connectivity index (χ3v) is 4.52. The Hall–Kier alpha value is -1.26. The number of carboxylic acid groups (broad SMARTS) is 1. The molecular weight excluding hydrogens is 324 g/mol. The van der Waals surface area contributed by atoms with Crippen molar-refractivity contribution in [2.24, 2.45) is 0 Å². The Morgan fingerprint density at radius 2 is 1.68 bits per heavy atom. The van der Waals surface area contributed by atoms with E-state index >= 15 is 0 Å². The monoisotopic (exact) mass is 336 g/mol. The number of rotatable bonds is 3. The van der Waals surface area contributed by atoms with E-state index in [1.165, 1.54) is 11.1 Å². The van der Waals surface area contributed by atoms with Gasteiger partial charge in [-0.25, -0.2) is 4.79 Å². The third-order valence-electron chi connectivity index (χ3n) is 2.89. The summed E-state index contributed by atoms with van der Waals surface area (Å²) in [6.45, 7) is 4.17. The Labute approximate surface area is 125 Å². The number of carbonyl (C=O) groups is 1. The molecule has 0 saturated carbocycles. The summed E-state index contributed by atoms with van der Waals surface area (Å²) >= 11 is 4.92. The maximum atomic E-state index is 10.9. The van der Waals surface area contributed by atoms with E-state index in [0.717, 1.165) is 9.79 Å². The molecule has 0 unspecified atom stereocenters. The highest BCUT2D eigenvalue weighted by molar-refractivity contribution is 9.10. The molecule has 2 aromatic carbocycles. The molecule has 0 amide bonds. The maximum absolute atomic E-state index is 10.9. The van der Waals surface area contributed by atoms with Crippen LogP contribution in [0.3, 0.4) is 0 Å². The minimum absolute atomic E-state index is 0.282. The molecule has 0 aromatic heterocycles. The first-order valence-electron chi connectivity index (χ1n) is 5.75. The molecule has 2 nitrogen and oxygen atoms in total. The van der Waals surface area contributed by atoms with Crippen LogP contribution < -0.4 is 0 Å². The molecule has 0 heterocycles. The van der Waals surface area contributed by atoms with Crippen LogP contribution >= 0.6 is 27.7 Å². The van der Waals surface area contributed by atoms with Gasteiger partial charge in [-0.05, 0) is 71.2 Å². The fraction of sp³-hybridized carbons (Fsp3) is 0.133. The molecule has 0 fully saturated rings. The fourth-order valence-corrected chi connectivity index (χ4v) is 3.30. The largest absolute Gasteiger partial charge is 0.478 e. The van der Waals surface area contributed by atoms with E-state index in [1.54, 1.807) is 17.8 Å². The molecule has 2 rings (SSSR count). The molecule has 1 N–H and O–H groups in total. The summed E-state index contributed by atoms with van der Waals surface area (Å²) in [5, 5.41) is 8.98. The van der Waals surface area contributed by atoms with Crippen molar-refractivity contribution in [1.82, 2.24) is 0 Å². The van der Waals surface area contributed by atoms with Crippen molar-refractivity contribution < 1.29 is 9.90 Å². The molecule has 0 aliphatic carbocycles. The van der Waals surface area contributed by atoms with Gasteiger partial charge in [-0.2, -0.15) is 0 Å². The summed E-state index contributed by atoms with van der Waals surface area (Å²) in [6.07, 6.45) is 0. The highest BCUT2D eigenvalue weighted by Gasteiger charge is 2.09. The molecule has 19 heavy (non-hydrogen) atoms. The summed E-state index contributed by atoms with van der Waals surface area (Å²) in [7, 11) is 0. The van der Waals surface area contributed by atoms with Gasteiger partial charge in [-0.3, -0.25) is 0 Å². The zero-order chi connectivity index (χ0) is 14.0. The van der Waals surface area contributed by atoms with E-state index in [2.05, 4.69) is 48.0 Å². The van der Waals surface area contributed by atoms with Crippen LogP contribution in [0.15, 0.2) is 50.7 Å². The van der Waals surface area contributed by atoms with Crippen molar-refractivity contribution in [2.75, 3.05) is 0 Å². The van der Waals surface area contributed by atoms with Crippen LogP contribution in [0.25, 0.3) is 0 Å². The van der Waals surface area contributed by atoms with Gasteiger partial charge in [0, 0.05) is 14.3 Å². The lowest BCUT2D eigenvalue weighted by Crippen LogP contribution is -1.97. The number of aryl methyl sites for hydroxylation is 2. The van der Waals surface area contributed by atoms with E-state index in [1.807, 2.05) is 12.1 Å². The minimum atomic E-state index is -0.922. The minimum Gasteiger partial charge on any atom is -0.478 e. The van der Waals surface area contributed by atoms with Crippen LogP contribution in [-0.2, 0) is 0 Å². The summed E-state index contributed by atoms with van der Waals surface area (Å²) in [6, 6.07) is 11.6. The molecule has 0 spiro atoms. The normalized spacial score (nSPS) is 10.5. The lowest BCUT2D eigenvalue weighted by Gasteiger charge is -2.06. The first-order chi connectivity index (χ1) is 8.97. The Morgan fingerprint density at radius 1 is 1.05 bits per heavy atom. The van der Waals surface area contributed by atoms with Gasteiger partial charge in [0.2, 0.25) is 0 Å². The summed E-state index contributed by atoms with van der Waals surface area (Å²) in [5.41, 5.74) is 2.81. The number of carboxylic acids is 1. The molecule has 0 atom stereocenters. The van der Waals surface area contributed by atoms with E-state index in [4.69, 9.17) is 5.11 Å². The van der Waals surface area contributed by atoms with Crippen molar-refractivity contribution in [3.8, 4) is 0 Å². The van der Waals surface area contributed by atoms with Crippen molar-refractivity contribution in [3.63, 3.8) is 0 Å². The maximum Gasteiger partial charge on any atom is 0.336 e. The second-order valence-electron chi connectivity index (χ2n) is 4.29. The van der Waals surface area contributed by atoms with Gasteiger partial charge in [0.15, 0.2) is 0 Å². The standard InChI is InChI=1S/C15H13BrO2S/c1-9-3-4-11(7-10(9)2)19-12-5-6-13(15(17)18)14(16)8-12/h3-8H,1-2H3,(H,17,18). The van der Waals surface area contributed by atoms with Gasteiger partial charge in [0.25, 0.3) is 0 Å². The molecule has 2 aromatic rings. The van der Waals surface area contributed by atoms with Crippen LogP contribution in [0.5, 0.6) is 0 Å². The lowest BCUT2D eigenvalue weighted by molar-refractivity contribution is 0.0696. The second-order valence-corrected chi connectivity index (χ2v) is 6.30. The van der Waals surface area contributed by atoms with E-state index in [0.29, 0.717) is 4.47 Å². The smallest absolute Gasteiger partial charge is 0.336 e. The van der Waals surface area contributed by atoms with Gasteiger partial charge in [0.1, 0.15) is 0 Å². The zero-order valence-electron chi connectivity index (χ0n) is 10.6. The highest BCUT2D eigenvalue weighted by atomic mass is 79.9. The molecule has 4 heteroatoms. The summed E-state index contributed by atoms with van der Waals surface area (Å²) < 4.78 is 0.605. The average Bonchev–Trinajstić information content (AvgIpc) is 2.33. The summed E-state index contributed by atoms with van der Waals surface area (Å²) in [4.78, 5) is 13.1. The van der Waals surface area contributed by atoms with Gasteiger partial charge in [-0.15, -0.1) is 0 Å². The Balaban J connectivity index is 2.26. The van der Waals surface area contributed by atoms with Crippen LogP contribution in [0.2, 0.25) is 0 Å². The van der Waals surface area contributed by atoms with Gasteiger partial charge in [-0.1, -0.05) is 17.8 Å². The first kappa shape index (κ1) is 14.2. The van der Waals surface area contributed by atoms with Gasteiger partial charge < -0.3 is 5.11 Å². The Bertz CT molecular complexity index is 638. The van der Waals surface area contributed by atoms with E-state index in [-0.39, 0.29) is 5.56 Å². The molecule has 0 radical (unpaired) electrons. The van der Waals surface area contributed by atoms with Crippen LogP contribution in [0, 0.1) is 13.8 Å². The SMILES string of the molecule is Cc1ccc(Sc2ccc(C(=O)O)c(Br)c2)cc1C. The Kier molecular flexibility index (Phi) is 4.32. The van der Waals surface area contributed by atoms with Crippen LogP contribution in [0.1, 0.15) is 21.5 Å². The lowest BCUT2D eigenvalue weighted by atomic mass is 10.1.